The Kier molecular flexibility index (Phi) is 8.05. The minimum absolute atomic E-state index is 0.300. The summed E-state index contributed by atoms with van der Waals surface area (Å²) in [6.07, 6.45) is 1.57. The van der Waals surface area contributed by atoms with Crippen molar-refractivity contribution in [1.82, 2.24) is 4.98 Å². The number of rotatable bonds is 9. The first-order chi connectivity index (χ1) is 15.6. The molecule has 0 aliphatic heterocycles. The second kappa shape index (κ2) is 11.2. The lowest BCUT2D eigenvalue weighted by atomic mass is 10.1. The molecule has 0 unspecified atom stereocenters. The molecule has 1 atom stereocenters. The molecule has 166 valence electrons. The Morgan fingerprint density at radius 3 is 2.28 bits per heavy atom. The van der Waals surface area contributed by atoms with E-state index in [2.05, 4.69) is 10.3 Å². The van der Waals surface area contributed by atoms with E-state index in [-0.39, 0.29) is 5.88 Å². The maximum absolute atomic E-state index is 13.4. The molecule has 1 N–H and O–H groups in total. The van der Waals surface area contributed by atoms with Gasteiger partial charge in [0, 0.05) is 17.6 Å². The monoisotopic (exact) mass is 453 g/mol. The molecule has 3 rings (SSSR count). The van der Waals surface area contributed by atoms with Gasteiger partial charge < -0.3 is 14.8 Å². The quantitative estimate of drug-likeness (QED) is 0.484. The average Bonchev–Trinajstić information content (AvgIpc) is 2.84. The van der Waals surface area contributed by atoms with Crippen LogP contribution in [0.4, 0.5) is 11.4 Å². The van der Waals surface area contributed by atoms with Crippen molar-refractivity contribution in [3.8, 4) is 11.5 Å². The van der Waals surface area contributed by atoms with Gasteiger partial charge in [0.25, 0.3) is 5.91 Å². The fourth-order valence-electron chi connectivity index (χ4n) is 3.18. The van der Waals surface area contributed by atoms with Crippen LogP contribution in [0.5, 0.6) is 11.5 Å². The van der Waals surface area contributed by atoms with E-state index in [0.717, 1.165) is 0 Å². The number of nitrogens with zero attached hydrogens (tertiary/aromatic N) is 2. The van der Waals surface area contributed by atoms with Crippen LogP contribution in [0.2, 0.25) is 0 Å². The number of hydrogen-bond acceptors (Lipinski definition) is 5. The van der Waals surface area contributed by atoms with Crippen LogP contribution in [-0.2, 0) is 9.59 Å². The topological polar surface area (TPSA) is 80.8 Å². The second-order valence-corrected chi connectivity index (χ2v) is 6.97. The third kappa shape index (κ3) is 5.56. The predicted octanol–water partition coefficient (Wildman–Crippen LogP) is 4.44. The number of nitrogens with one attached hydrogen (secondary N) is 1. The number of hydrogen-bond donors (Lipinski definition) is 1. The molecule has 32 heavy (non-hydrogen) atoms. The summed E-state index contributed by atoms with van der Waals surface area (Å²) < 4.78 is 10.6. The summed E-state index contributed by atoms with van der Waals surface area (Å²) in [6, 6.07) is 18.0. The summed E-state index contributed by atoms with van der Waals surface area (Å²) in [7, 11) is 1.55. The minimum atomic E-state index is -1.04. The number of anilines is 2. The van der Waals surface area contributed by atoms with Crippen LogP contribution >= 0.6 is 11.6 Å². The van der Waals surface area contributed by atoms with Gasteiger partial charge in [0.15, 0.2) is 6.04 Å². The number of alkyl halides is 1. The molecule has 1 heterocycles. The van der Waals surface area contributed by atoms with E-state index in [0.29, 0.717) is 35.2 Å². The van der Waals surface area contributed by atoms with Crippen LogP contribution in [0, 0.1) is 0 Å². The highest BCUT2D eigenvalue weighted by atomic mass is 35.5. The zero-order valence-corrected chi connectivity index (χ0v) is 18.6. The normalized spacial score (nSPS) is 11.3. The highest BCUT2D eigenvalue weighted by Gasteiger charge is 2.33. The molecule has 0 saturated carbocycles. The Balaban J connectivity index is 1.98. The first-order valence-electron chi connectivity index (χ1n) is 10.0. The molecule has 0 fully saturated rings. The van der Waals surface area contributed by atoms with Gasteiger partial charge in [-0.3, -0.25) is 19.5 Å². The molecule has 2 aromatic carbocycles. The number of ether oxygens (including phenoxy) is 2. The van der Waals surface area contributed by atoms with Crippen LogP contribution < -0.4 is 19.7 Å². The summed E-state index contributed by atoms with van der Waals surface area (Å²) in [5.41, 5.74) is 1.46. The SMILES string of the molecule is CCOc1ccc(NC(=O)[C@H](c2ccccn2)N(C(=O)CCl)c2ccc(OC)cc2)cc1. The number of benzene rings is 2. The van der Waals surface area contributed by atoms with E-state index in [4.69, 9.17) is 21.1 Å². The standard InChI is InChI=1S/C24H24ClN3O4/c1-3-32-20-11-7-17(8-12-20)27-24(30)23(21-6-4-5-15-26-21)28(22(29)16-25)18-9-13-19(31-2)14-10-18/h4-15,23H,3,16H2,1-2H3,(H,27,30)/t23-/m0/s1. The molecule has 3 aromatic rings. The van der Waals surface area contributed by atoms with Gasteiger partial charge in [0.2, 0.25) is 5.91 Å². The van der Waals surface area contributed by atoms with E-state index in [1.54, 1.807) is 80.0 Å². The minimum Gasteiger partial charge on any atom is -0.497 e. The summed E-state index contributed by atoms with van der Waals surface area (Å²) in [5.74, 6) is 0.159. The van der Waals surface area contributed by atoms with Crippen LogP contribution in [0.1, 0.15) is 18.7 Å². The predicted molar refractivity (Wildman–Crippen MR) is 124 cm³/mol. The zero-order valence-electron chi connectivity index (χ0n) is 17.8. The van der Waals surface area contributed by atoms with Crippen molar-refractivity contribution in [1.29, 1.82) is 0 Å². The van der Waals surface area contributed by atoms with E-state index in [1.807, 2.05) is 6.92 Å². The second-order valence-electron chi connectivity index (χ2n) is 6.70. The van der Waals surface area contributed by atoms with Crippen molar-refractivity contribution in [2.45, 2.75) is 13.0 Å². The molecule has 0 radical (unpaired) electrons. The van der Waals surface area contributed by atoms with Gasteiger partial charge in [0.1, 0.15) is 17.4 Å². The molecule has 1 aromatic heterocycles. The molecule has 0 spiro atoms. The number of pyridine rings is 1. The van der Waals surface area contributed by atoms with Gasteiger partial charge >= 0.3 is 0 Å². The van der Waals surface area contributed by atoms with Crippen molar-refractivity contribution in [2.24, 2.45) is 0 Å². The molecule has 0 bridgehead atoms. The van der Waals surface area contributed by atoms with E-state index < -0.39 is 17.9 Å². The molecule has 8 heteroatoms. The third-order valence-electron chi connectivity index (χ3n) is 4.64. The van der Waals surface area contributed by atoms with Gasteiger partial charge in [-0.15, -0.1) is 11.6 Å². The molecule has 2 amide bonds. The zero-order chi connectivity index (χ0) is 22.9. The maximum Gasteiger partial charge on any atom is 0.253 e. The van der Waals surface area contributed by atoms with Crippen LogP contribution in [0.3, 0.4) is 0 Å². The van der Waals surface area contributed by atoms with E-state index >= 15 is 0 Å². The van der Waals surface area contributed by atoms with Gasteiger partial charge in [-0.1, -0.05) is 6.07 Å². The third-order valence-corrected chi connectivity index (χ3v) is 4.87. The smallest absolute Gasteiger partial charge is 0.253 e. The van der Waals surface area contributed by atoms with Crippen LogP contribution in [0.25, 0.3) is 0 Å². The van der Waals surface area contributed by atoms with Crippen molar-refractivity contribution >= 4 is 34.8 Å². The molecular formula is C24H24ClN3O4. The molecule has 0 saturated heterocycles. The van der Waals surface area contributed by atoms with Crippen molar-refractivity contribution in [3.63, 3.8) is 0 Å². The van der Waals surface area contributed by atoms with Crippen LogP contribution in [-0.4, -0.2) is 36.4 Å². The largest absolute Gasteiger partial charge is 0.497 e. The number of halogens is 1. The highest BCUT2D eigenvalue weighted by molar-refractivity contribution is 6.30. The van der Waals surface area contributed by atoms with Gasteiger partial charge in [0.05, 0.1) is 19.4 Å². The number of amides is 2. The van der Waals surface area contributed by atoms with Crippen molar-refractivity contribution in [2.75, 3.05) is 29.8 Å². The summed E-state index contributed by atoms with van der Waals surface area (Å²) in [6.45, 7) is 2.44. The molecular weight excluding hydrogens is 430 g/mol. The lowest BCUT2D eigenvalue weighted by Gasteiger charge is -2.30. The van der Waals surface area contributed by atoms with Gasteiger partial charge in [-0.05, 0) is 67.6 Å². The maximum atomic E-state index is 13.4. The molecule has 0 aliphatic carbocycles. The summed E-state index contributed by atoms with van der Waals surface area (Å²) in [4.78, 5) is 32.0. The Morgan fingerprint density at radius 1 is 1.03 bits per heavy atom. The fraction of sp³-hybridized carbons (Fsp3) is 0.208. The lowest BCUT2D eigenvalue weighted by Crippen LogP contribution is -2.42. The number of carbonyl (C=O) groups is 2. The fourth-order valence-corrected chi connectivity index (χ4v) is 3.31. The Bertz CT molecular complexity index is 1030. The van der Waals surface area contributed by atoms with Gasteiger partial charge in [-0.25, -0.2) is 0 Å². The van der Waals surface area contributed by atoms with Gasteiger partial charge in [-0.2, -0.15) is 0 Å². The first kappa shape index (κ1) is 23.1. The van der Waals surface area contributed by atoms with E-state index in [1.165, 1.54) is 4.90 Å². The summed E-state index contributed by atoms with van der Waals surface area (Å²) in [5, 5.41) is 2.87. The Labute approximate surface area is 191 Å². The Hall–Kier alpha value is -3.58. The molecule has 7 nitrogen and oxygen atoms in total. The lowest BCUT2D eigenvalue weighted by molar-refractivity contribution is -0.122. The number of carbonyl (C=O) groups excluding carboxylic acids is 2. The van der Waals surface area contributed by atoms with Crippen molar-refractivity contribution < 1.29 is 19.1 Å². The average molecular weight is 454 g/mol. The first-order valence-corrected chi connectivity index (χ1v) is 10.6. The summed E-state index contributed by atoms with van der Waals surface area (Å²) >= 11 is 5.92. The van der Waals surface area contributed by atoms with Crippen molar-refractivity contribution in [3.05, 3.63) is 78.6 Å². The van der Waals surface area contributed by atoms with Crippen LogP contribution in [0.15, 0.2) is 72.9 Å². The number of aromatic nitrogens is 1. The Morgan fingerprint density at radius 2 is 1.72 bits per heavy atom. The van der Waals surface area contributed by atoms with E-state index in [9.17, 15) is 9.59 Å². The molecule has 0 aliphatic rings. The number of methoxy groups -OCH3 is 1. The highest BCUT2D eigenvalue weighted by Crippen LogP contribution is 2.30.